The molecule has 4 rings (SSSR count). The van der Waals surface area contributed by atoms with Gasteiger partial charge in [0, 0.05) is 22.4 Å². The normalized spacial score (nSPS) is 11.3. The molecule has 2 heterocycles. The lowest BCUT2D eigenvalue weighted by atomic mass is 10.0. The molecule has 0 aliphatic rings. The first-order valence-corrected chi connectivity index (χ1v) is 6.96. The Bertz CT molecular complexity index is 969. The summed E-state index contributed by atoms with van der Waals surface area (Å²) in [5.41, 5.74) is 5.39. The highest BCUT2D eigenvalue weighted by Gasteiger charge is 2.14. The van der Waals surface area contributed by atoms with Gasteiger partial charge in [0.1, 0.15) is 23.1 Å². The van der Waals surface area contributed by atoms with E-state index in [0.29, 0.717) is 0 Å². The molecule has 0 bridgehead atoms. The van der Waals surface area contributed by atoms with Crippen LogP contribution in [-0.2, 0) is 7.05 Å². The van der Waals surface area contributed by atoms with Crippen molar-refractivity contribution in [3.63, 3.8) is 0 Å². The van der Waals surface area contributed by atoms with Crippen LogP contribution in [-0.4, -0.2) is 4.98 Å². The van der Waals surface area contributed by atoms with E-state index in [1.165, 1.54) is 21.9 Å². The van der Waals surface area contributed by atoms with E-state index in [-0.39, 0.29) is 0 Å². The molecule has 3 heteroatoms. The third-order valence-electron chi connectivity index (χ3n) is 3.94. The second-order valence-electron chi connectivity index (χ2n) is 5.34. The van der Waals surface area contributed by atoms with Crippen LogP contribution in [0, 0.1) is 6.92 Å². The van der Waals surface area contributed by atoms with Crippen molar-refractivity contribution < 1.29 is 8.98 Å². The fourth-order valence-electron chi connectivity index (χ4n) is 2.87. The van der Waals surface area contributed by atoms with Crippen molar-refractivity contribution in [2.45, 2.75) is 6.92 Å². The van der Waals surface area contributed by atoms with Gasteiger partial charge in [0.2, 0.25) is 0 Å². The Morgan fingerprint density at radius 2 is 1.86 bits per heavy atom. The molecule has 3 nitrogen and oxygen atoms in total. The second kappa shape index (κ2) is 4.42. The minimum Gasteiger partial charge on any atom is -0.456 e. The topological polar surface area (TPSA) is 29.9 Å². The molecular formula is C18H15N2O+. The molecule has 0 radical (unpaired) electrons. The number of fused-ring (bicyclic) bond motifs is 3. The molecule has 0 saturated carbocycles. The lowest BCUT2D eigenvalue weighted by Gasteiger charge is -2.05. The van der Waals surface area contributed by atoms with Crippen LogP contribution in [0.25, 0.3) is 33.2 Å². The molecule has 102 valence electrons. The molecule has 0 atom stereocenters. The third-order valence-corrected chi connectivity index (χ3v) is 3.94. The largest absolute Gasteiger partial charge is 0.456 e. The molecule has 4 aromatic rings. The monoisotopic (exact) mass is 275 g/mol. The van der Waals surface area contributed by atoms with Crippen LogP contribution in [0.5, 0.6) is 0 Å². The standard InChI is InChI=1S/C18H15N2O/c1-12-9-15-13-5-3-4-6-17(13)21-18(15)10-14(12)16-7-8-19-11-20(16)2/h3-11H,1-2H3/q+1. The van der Waals surface area contributed by atoms with E-state index in [2.05, 4.69) is 30.1 Å². The SMILES string of the molecule is Cc1cc2c(cc1-c1ccnc[n+]1C)oc1ccccc12. The fraction of sp³-hybridized carbons (Fsp3) is 0.111. The highest BCUT2D eigenvalue weighted by molar-refractivity contribution is 6.06. The zero-order valence-electron chi connectivity index (χ0n) is 12.0. The van der Waals surface area contributed by atoms with Crippen LogP contribution < -0.4 is 4.57 Å². The van der Waals surface area contributed by atoms with E-state index in [0.717, 1.165) is 16.9 Å². The van der Waals surface area contributed by atoms with E-state index in [4.69, 9.17) is 4.42 Å². The van der Waals surface area contributed by atoms with E-state index < -0.39 is 0 Å². The van der Waals surface area contributed by atoms with Gasteiger partial charge in [-0.05, 0) is 30.7 Å². The first-order valence-electron chi connectivity index (χ1n) is 6.96. The van der Waals surface area contributed by atoms with E-state index >= 15 is 0 Å². The number of hydrogen-bond donors (Lipinski definition) is 0. The van der Waals surface area contributed by atoms with Crippen LogP contribution in [0.3, 0.4) is 0 Å². The first-order chi connectivity index (χ1) is 10.2. The number of benzene rings is 2. The zero-order chi connectivity index (χ0) is 14.4. The van der Waals surface area contributed by atoms with Gasteiger partial charge in [0.05, 0.1) is 7.05 Å². The van der Waals surface area contributed by atoms with Gasteiger partial charge in [-0.1, -0.05) is 23.2 Å². The predicted octanol–water partition coefficient (Wildman–Crippen LogP) is 3.78. The average molecular weight is 275 g/mol. The summed E-state index contributed by atoms with van der Waals surface area (Å²) in [6, 6.07) is 14.5. The predicted molar refractivity (Wildman–Crippen MR) is 82.9 cm³/mol. The van der Waals surface area contributed by atoms with Gasteiger partial charge in [-0.3, -0.25) is 0 Å². The smallest absolute Gasteiger partial charge is 0.286 e. The van der Waals surface area contributed by atoms with Crippen LogP contribution in [0.15, 0.2) is 59.4 Å². The van der Waals surface area contributed by atoms with Crippen LogP contribution in [0.2, 0.25) is 0 Å². The van der Waals surface area contributed by atoms with Crippen LogP contribution >= 0.6 is 0 Å². The minimum atomic E-state index is 0.925. The Morgan fingerprint density at radius 3 is 2.71 bits per heavy atom. The Balaban J connectivity index is 2.06. The number of aromatic nitrogens is 2. The molecule has 0 spiro atoms. The summed E-state index contributed by atoms with van der Waals surface area (Å²) in [5.74, 6) is 0. The number of rotatable bonds is 1. The lowest BCUT2D eigenvalue weighted by Crippen LogP contribution is -2.31. The summed E-state index contributed by atoms with van der Waals surface area (Å²) >= 11 is 0. The number of hydrogen-bond acceptors (Lipinski definition) is 2. The van der Waals surface area contributed by atoms with Gasteiger partial charge >= 0.3 is 0 Å². The van der Waals surface area contributed by atoms with Crippen molar-refractivity contribution in [2.75, 3.05) is 0 Å². The Morgan fingerprint density at radius 1 is 1.00 bits per heavy atom. The zero-order valence-corrected chi connectivity index (χ0v) is 12.0. The third kappa shape index (κ3) is 1.82. The maximum absolute atomic E-state index is 5.98. The molecule has 21 heavy (non-hydrogen) atoms. The Kier molecular flexibility index (Phi) is 2.54. The van der Waals surface area contributed by atoms with Gasteiger partial charge in [0.15, 0.2) is 0 Å². The van der Waals surface area contributed by atoms with Gasteiger partial charge in [-0.15, -0.1) is 0 Å². The minimum absolute atomic E-state index is 0.925. The van der Waals surface area contributed by atoms with Crippen LogP contribution in [0.1, 0.15) is 5.56 Å². The van der Waals surface area contributed by atoms with Crippen molar-refractivity contribution in [3.05, 3.63) is 60.6 Å². The summed E-state index contributed by atoms with van der Waals surface area (Å²) in [5, 5.41) is 2.34. The maximum atomic E-state index is 5.98. The Labute approximate surface area is 122 Å². The lowest BCUT2D eigenvalue weighted by molar-refractivity contribution is -0.663. The van der Waals surface area contributed by atoms with Crippen molar-refractivity contribution in [1.82, 2.24) is 4.98 Å². The van der Waals surface area contributed by atoms with Gasteiger partial charge in [-0.2, -0.15) is 0 Å². The molecule has 0 N–H and O–H groups in total. The highest BCUT2D eigenvalue weighted by atomic mass is 16.3. The molecule has 0 aliphatic carbocycles. The van der Waals surface area contributed by atoms with E-state index in [9.17, 15) is 0 Å². The molecular weight excluding hydrogens is 260 g/mol. The molecule has 2 aromatic heterocycles. The molecule has 0 fully saturated rings. The number of nitrogens with zero attached hydrogens (tertiary/aromatic N) is 2. The van der Waals surface area contributed by atoms with Crippen molar-refractivity contribution in [3.8, 4) is 11.3 Å². The van der Waals surface area contributed by atoms with Crippen molar-refractivity contribution in [1.29, 1.82) is 0 Å². The van der Waals surface area contributed by atoms with Crippen LogP contribution in [0.4, 0.5) is 0 Å². The van der Waals surface area contributed by atoms with E-state index in [1.807, 2.05) is 48.4 Å². The average Bonchev–Trinajstić information content (AvgIpc) is 2.85. The summed E-state index contributed by atoms with van der Waals surface area (Å²) in [6.07, 6.45) is 3.63. The fourth-order valence-corrected chi connectivity index (χ4v) is 2.87. The van der Waals surface area contributed by atoms with Gasteiger partial charge in [-0.25, -0.2) is 4.57 Å². The number of para-hydroxylation sites is 1. The number of aryl methyl sites for hydroxylation is 2. The van der Waals surface area contributed by atoms with Crippen molar-refractivity contribution >= 4 is 21.9 Å². The van der Waals surface area contributed by atoms with Gasteiger partial charge in [0.25, 0.3) is 6.33 Å². The highest BCUT2D eigenvalue weighted by Crippen LogP contribution is 2.33. The second-order valence-corrected chi connectivity index (χ2v) is 5.34. The first kappa shape index (κ1) is 12.1. The number of furan rings is 1. The maximum Gasteiger partial charge on any atom is 0.286 e. The summed E-state index contributed by atoms with van der Waals surface area (Å²) in [6.45, 7) is 2.14. The molecule has 0 saturated heterocycles. The Hall–Kier alpha value is -2.68. The summed E-state index contributed by atoms with van der Waals surface area (Å²) in [7, 11) is 2.00. The summed E-state index contributed by atoms with van der Waals surface area (Å²) < 4.78 is 8.01. The molecule has 0 unspecified atom stereocenters. The molecule has 0 aliphatic heterocycles. The summed E-state index contributed by atoms with van der Waals surface area (Å²) in [4.78, 5) is 4.14. The van der Waals surface area contributed by atoms with Crippen molar-refractivity contribution in [2.24, 2.45) is 7.05 Å². The van der Waals surface area contributed by atoms with Gasteiger partial charge < -0.3 is 4.42 Å². The molecule has 0 amide bonds. The van der Waals surface area contributed by atoms with E-state index in [1.54, 1.807) is 0 Å². The molecule has 2 aromatic carbocycles. The quantitative estimate of drug-likeness (QED) is 0.495.